The molecule has 0 saturated carbocycles. The Bertz CT molecular complexity index is 390. The van der Waals surface area contributed by atoms with Gasteiger partial charge in [-0.15, -0.1) is 0 Å². The van der Waals surface area contributed by atoms with Gasteiger partial charge in [-0.1, -0.05) is 12.5 Å². The van der Waals surface area contributed by atoms with Crippen molar-refractivity contribution >= 4 is 0 Å². The zero-order valence-electron chi connectivity index (χ0n) is 9.80. The quantitative estimate of drug-likeness (QED) is 0.634. The van der Waals surface area contributed by atoms with Gasteiger partial charge in [0.1, 0.15) is 5.82 Å². The van der Waals surface area contributed by atoms with Gasteiger partial charge in [-0.2, -0.15) is 13.2 Å². The fourth-order valence-electron chi connectivity index (χ4n) is 1.67. The third-order valence-corrected chi connectivity index (χ3v) is 2.69. The van der Waals surface area contributed by atoms with Gasteiger partial charge in [-0.25, -0.2) is 4.39 Å². The molecule has 1 aromatic carbocycles. The summed E-state index contributed by atoms with van der Waals surface area (Å²) in [6.45, 7) is 0.518. The zero-order chi connectivity index (χ0) is 13.8. The van der Waals surface area contributed by atoms with Gasteiger partial charge in [-0.3, -0.25) is 0 Å². The summed E-state index contributed by atoms with van der Waals surface area (Å²) in [4.78, 5) is 0. The number of unbranched alkanes of at least 4 members (excludes halogenated alkanes) is 1. The van der Waals surface area contributed by atoms with Crippen LogP contribution in [0.1, 0.15) is 36.4 Å². The summed E-state index contributed by atoms with van der Waals surface area (Å²) in [6.07, 6.45) is -2.67. The molecule has 0 bridgehead atoms. The van der Waals surface area contributed by atoms with Crippen molar-refractivity contribution in [1.29, 1.82) is 0 Å². The van der Waals surface area contributed by atoms with Crippen LogP contribution in [0, 0.1) is 5.82 Å². The zero-order valence-corrected chi connectivity index (χ0v) is 9.80. The summed E-state index contributed by atoms with van der Waals surface area (Å²) in [5.41, 5.74) is 10.1. The lowest BCUT2D eigenvalue weighted by atomic mass is 9.99. The number of hydrogen-bond donors (Lipinski definition) is 2. The first-order valence-electron chi connectivity index (χ1n) is 5.68. The van der Waals surface area contributed by atoms with Crippen LogP contribution in [0.3, 0.4) is 0 Å². The first kappa shape index (κ1) is 14.9. The van der Waals surface area contributed by atoms with Gasteiger partial charge in [-0.05, 0) is 37.1 Å². The molecule has 0 spiro atoms. The molecule has 18 heavy (non-hydrogen) atoms. The van der Waals surface area contributed by atoms with E-state index in [1.165, 1.54) is 6.07 Å². The van der Waals surface area contributed by atoms with Crippen molar-refractivity contribution in [3.63, 3.8) is 0 Å². The van der Waals surface area contributed by atoms with E-state index in [0.29, 0.717) is 18.5 Å². The van der Waals surface area contributed by atoms with Gasteiger partial charge in [0.2, 0.25) is 0 Å². The maximum absolute atomic E-state index is 13.1. The highest BCUT2D eigenvalue weighted by molar-refractivity contribution is 5.29. The van der Waals surface area contributed by atoms with E-state index in [1.54, 1.807) is 0 Å². The standard InChI is InChI=1S/C12H16F4N2/c13-10-5-4-8(7-9(10)12(14,15)16)11(18)3-1-2-6-17/h4-5,7,11H,1-3,6,17-18H2/t11-/m1/s1. The van der Waals surface area contributed by atoms with Crippen molar-refractivity contribution in [3.05, 3.63) is 35.1 Å². The number of hydrogen-bond acceptors (Lipinski definition) is 2. The molecule has 4 N–H and O–H groups in total. The topological polar surface area (TPSA) is 52.0 Å². The van der Waals surface area contributed by atoms with Crippen LogP contribution in [0.25, 0.3) is 0 Å². The smallest absolute Gasteiger partial charge is 0.330 e. The number of benzene rings is 1. The van der Waals surface area contributed by atoms with Crippen molar-refractivity contribution < 1.29 is 17.6 Å². The molecule has 102 valence electrons. The SMILES string of the molecule is NCCCC[C@@H](N)c1ccc(F)c(C(F)(F)F)c1. The van der Waals surface area contributed by atoms with Crippen molar-refractivity contribution in [1.82, 2.24) is 0 Å². The molecule has 2 nitrogen and oxygen atoms in total. The molecule has 0 radical (unpaired) electrons. The van der Waals surface area contributed by atoms with Gasteiger partial charge in [0.25, 0.3) is 0 Å². The van der Waals surface area contributed by atoms with Gasteiger partial charge in [0.15, 0.2) is 0 Å². The summed E-state index contributed by atoms with van der Waals surface area (Å²) in [7, 11) is 0. The van der Waals surface area contributed by atoms with Gasteiger partial charge >= 0.3 is 6.18 Å². The lowest BCUT2D eigenvalue weighted by Gasteiger charge is -2.15. The van der Waals surface area contributed by atoms with E-state index in [1.807, 2.05) is 0 Å². The summed E-state index contributed by atoms with van der Waals surface area (Å²) >= 11 is 0. The van der Waals surface area contributed by atoms with E-state index >= 15 is 0 Å². The van der Waals surface area contributed by atoms with E-state index in [4.69, 9.17) is 11.5 Å². The average molecular weight is 264 g/mol. The summed E-state index contributed by atoms with van der Waals surface area (Å²) in [5, 5.41) is 0. The maximum Gasteiger partial charge on any atom is 0.419 e. The number of nitrogens with two attached hydrogens (primary N) is 2. The summed E-state index contributed by atoms with van der Waals surface area (Å²) in [6, 6.07) is 2.35. The molecule has 0 amide bonds. The largest absolute Gasteiger partial charge is 0.419 e. The van der Waals surface area contributed by atoms with Crippen molar-refractivity contribution in [2.45, 2.75) is 31.5 Å². The molecule has 0 fully saturated rings. The maximum atomic E-state index is 13.1. The van der Waals surface area contributed by atoms with E-state index in [-0.39, 0.29) is 0 Å². The average Bonchev–Trinajstić information content (AvgIpc) is 2.28. The Kier molecular flexibility index (Phi) is 5.10. The molecule has 1 aromatic rings. The van der Waals surface area contributed by atoms with Crippen LogP contribution in [0.4, 0.5) is 17.6 Å². The Hall–Kier alpha value is -1.14. The minimum atomic E-state index is -4.70. The third kappa shape index (κ3) is 3.96. The molecule has 0 aliphatic heterocycles. The monoisotopic (exact) mass is 264 g/mol. The lowest BCUT2D eigenvalue weighted by Crippen LogP contribution is -2.14. The highest BCUT2D eigenvalue weighted by Crippen LogP contribution is 2.33. The molecule has 0 heterocycles. The van der Waals surface area contributed by atoms with Crippen molar-refractivity contribution in [3.8, 4) is 0 Å². The van der Waals surface area contributed by atoms with Crippen LogP contribution in [0.2, 0.25) is 0 Å². The number of halogens is 4. The Morgan fingerprint density at radius 2 is 1.83 bits per heavy atom. The van der Waals surface area contributed by atoms with E-state index < -0.39 is 23.6 Å². The van der Waals surface area contributed by atoms with E-state index in [0.717, 1.165) is 25.0 Å². The van der Waals surface area contributed by atoms with Gasteiger partial charge in [0.05, 0.1) is 5.56 Å². The summed E-state index contributed by atoms with van der Waals surface area (Å²) in [5.74, 6) is -1.28. The Labute approximate surface area is 103 Å². The molecule has 0 aliphatic carbocycles. The van der Waals surface area contributed by atoms with Crippen LogP contribution in [0.15, 0.2) is 18.2 Å². The Balaban J connectivity index is 2.84. The fourth-order valence-corrected chi connectivity index (χ4v) is 1.67. The first-order chi connectivity index (χ1) is 8.36. The van der Waals surface area contributed by atoms with Crippen molar-refractivity contribution in [2.24, 2.45) is 11.5 Å². The van der Waals surface area contributed by atoms with E-state index in [9.17, 15) is 17.6 Å². The predicted octanol–water partition coefficient (Wildman–Crippen LogP) is 2.97. The normalized spacial score (nSPS) is 13.7. The van der Waals surface area contributed by atoms with Crippen LogP contribution in [-0.2, 0) is 6.18 Å². The number of alkyl halides is 3. The second-order valence-electron chi connectivity index (χ2n) is 4.13. The second kappa shape index (κ2) is 6.15. The third-order valence-electron chi connectivity index (χ3n) is 2.69. The molecule has 1 rings (SSSR count). The predicted molar refractivity (Wildman–Crippen MR) is 61.2 cm³/mol. The summed E-state index contributed by atoms with van der Waals surface area (Å²) < 4.78 is 50.6. The molecular weight excluding hydrogens is 248 g/mol. The molecular formula is C12H16F4N2. The first-order valence-corrected chi connectivity index (χ1v) is 5.68. The van der Waals surface area contributed by atoms with Crippen LogP contribution in [0.5, 0.6) is 0 Å². The molecule has 6 heteroatoms. The number of rotatable bonds is 5. The van der Waals surface area contributed by atoms with Gasteiger partial charge in [0, 0.05) is 6.04 Å². The Morgan fingerprint density at radius 1 is 1.17 bits per heavy atom. The lowest BCUT2D eigenvalue weighted by molar-refractivity contribution is -0.140. The molecule has 0 unspecified atom stereocenters. The minimum Gasteiger partial charge on any atom is -0.330 e. The molecule has 1 atom stereocenters. The fraction of sp³-hybridized carbons (Fsp3) is 0.500. The molecule has 0 saturated heterocycles. The highest BCUT2D eigenvalue weighted by atomic mass is 19.4. The second-order valence-corrected chi connectivity index (χ2v) is 4.13. The van der Waals surface area contributed by atoms with Crippen LogP contribution < -0.4 is 11.5 Å². The molecule has 0 aliphatic rings. The van der Waals surface area contributed by atoms with Crippen LogP contribution in [-0.4, -0.2) is 6.54 Å². The van der Waals surface area contributed by atoms with Crippen LogP contribution >= 0.6 is 0 Å². The minimum absolute atomic E-state index is 0.292. The Morgan fingerprint density at radius 3 is 2.39 bits per heavy atom. The molecule has 0 aromatic heterocycles. The van der Waals surface area contributed by atoms with Crippen molar-refractivity contribution in [2.75, 3.05) is 6.54 Å². The highest BCUT2D eigenvalue weighted by Gasteiger charge is 2.34. The van der Waals surface area contributed by atoms with Gasteiger partial charge < -0.3 is 11.5 Å². The van der Waals surface area contributed by atoms with E-state index in [2.05, 4.69) is 0 Å².